The summed E-state index contributed by atoms with van der Waals surface area (Å²) in [6, 6.07) is 3.84. The molecule has 4 nitrogen and oxygen atoms in total. The van der Waals surface area contributed by atoms with E-state index in [0.29, 0.717) is 5.92 Å². The van der Waals surface area contributed by atoms with Crippen LogP contribution >= 0.6 is 0 Å². The van der Waals surface area contributed by atoms with Gasteiger partial charge in [-0.3, -0.25) is 10.1 Å². The predicted molar refractivity (Wildman–Crippen MR) is 72.7 cm³/mol. The maximum absolute atomic E-state index is 13.7. The van der Waals surface area contributed by atoms with Gasteiger partial charge in [0.15, 0.2) is 0 Å². The molecule has 0 radical (unpaired) electrons. The van der Waals surface area contributed by atoms with Crippen LogP contribution in [0.15, 0.2) is 18.2 Å². The standard InChI is InChI=1S/C14H19FN2O2/c1-2-10-4-3-5-11(8-10)16-14-9-12(17(18)19)6-7-13(14)15/h6-7,9-11,16H,2-5,8H2,1H3. The second kappa shape index (κ2) is 5.99. The number of hydrogen-bond acceptors (Lipinski definition) is 3. The lowest BCUT2D eigenvalue weighted by molar-refractivity contribution is -0.384. The van der Waals surface area contributed by atoms with Gasteiger partial charge in [0.2, 0.25) is 0 Å². The van der Waals surface area contributed by atoms with Crippen LogP contribution in [0.4, 0.5) is 15.8 Å². The average molecular weight is 266 g/mol. The summed E-state index contributed by atoms with van der Waals surface area (Å²) in [5.74, 6) is 0.247. The minimum atomic E-state index is -0.500. The summed E-state index contributed by atoms with van der Waals surface area (Å²) < 4.78 is 13.7. The molecule has 2 rings (SSSR count). The van der Waals surface area contributed by atoms with Gasteiger partial charge < -0.3 is 5.32 Å². The van der Waals surface area contributed by atoms with E-state index in [0.717, 1.165) is 31.7 Å². The van der Waals surface area contributed by atoms with Crippen molar-refractivity contribution < 1.29 is 9.31 Å². The number of non-ortho nitro benzene ring substituents is 1. The SMILES string of the molecule is CCC1CCCC(Nc2cc([N+](=O)[O-])ccc2F)C1. The molecule has 1 aliphatic rings. The van der Waals surface area contributed by atoms with E-state index in [1.165, 1.54) is 18.6 Å². The molecule has 0 saturated heterocycles. The summed E-state index contributed by atoms with van der Waals surface area (Å²) in [5, 5.41) is 13.8. The van der Waals surface area contributed by atoms with E-state index in [-0.39, 0.29) is 17.4 Å². The molecule has 2 atom stereocenters. The zero-order valence-corrected chi connectivity index (χ0v) is 11.1. The first kappa shape index (κ1) is 13.8. The normalized spacial score (nSPS) is 23.1. The van der Waals surface area contributed by atoms with Crippen molar-refractivity contribution in [3.05, 3.63) is 34.1 Å². The summed E-state index contributed by atoms with van der Waals surface area (Å²) in [5.41, 5.74) is 0.169. The molecule has 0 aliphatic heterocycles. The van der Waals surface area contributed by atoms with Gasteiger partial charge in [0, 0.05) is 18.2 Å². The van der Waals surface area contributed by atoms with Crippen LogP contribution in [-0.2, 0) is 0 Å². The molecule has 1 aromatic carbocycles. The second-order valence-electron chi connectivity index (χ2n) is 5.20. The molecule has 19 heavy (non-hydrogen) atoms. The van der Waals surface area contributed by atoms with Gasteiger partial charge in [-0.05, 0) is 24.8 Å². The first-order valence-electron chi connectivity index (χ1n) is 6.80. The third-order valence-electron chi connectivity index (χ3n) is 3.88. The summed E-state index contributed by atoms with van der Waals surface area (Å²) in [6.07, 6.45) is 5.51. The van der Waals surface area contributed by atoms with Crippen molar-refractivity contribution in [2.75, 3.05) is 5.32 Å². The lowest BCUT2D eigenvalue weighted by Crippen LogP contribution is -2.27. The highest BCUT2D eigenvalue weighted by Gasteiger charge is 2.22. The highest BCUT2D eigenvalue weighted by atomic mass is 19.1. The van der Waals surface area contributed by atoms with Crippen LogP contribution in [0.5, 0.6) is 0 Å². The number of nitrogens with one attached hydrogen (secondary N) is 1. The molecule has 0 bridgehead atoms. The number of hydrogen-bond donors (Lipinski definition) is 1. The summed E-state index contributed by atoms with van der Waals surface area (Å²) in [6.45, 7) is 2.17. The molecule has 2 unspecified atom stereocenters. The largest absolute Gasteiger partial charge is 0.380 e. The number of benzene rings is 1. The minimum Gasteiger partial charge on any atom is -0.380 e. The molecule has 1 aromatic rings. The lowest BCUT2D eigenvalue weighted by atomic mass is 9.84. The van der Waals surface area contributed by atoms with Crippen molar-refractivity contribution in [3.63, 3.8) is 0 Å². The Morgan fingerprint density at radius 2 is 2.26 bits per heavy atom. The molecule has 0 heterocycles. The number of nitrogens with zero attached hydrogens (tertiary/aromatic N) is 1. The van der Waals surface area contributed by atoms with Crippen molar-refractivity contribution in [3.8, 4) is 0 Å². The minimum absolute atomic E-state index is 0.0771. The van der Waals surface area contributed by atoms with E-state index in [1.54, 1.807) is 0 Å². The molecule has 1 saturated carbocycles. The van der Waals surface area contributed by atoms with Gasteiger partial charge in [0.05, 0.1) is 10.6 Å². The molecular formula is C14H19FN2O2. The zero-order chi connectivity index (χ0) is 13.8. The van der Waals surface area contributed by atoms with Crippen molar-refractivity contribution in [1.29, 1.82) is 0 Å². The van der Waals surface area contributed by atoms with Crippen LogP contribution in [0.3, 0.4) is 0 Å². The highest BCUT2D eigenvalue weighted by molar-refractivity contribution is 5.52. The van der Waals surface area contributed by atoms with Crippen LogP contribution in [-0.4, -0.2) is 11.0 Å². The fourth-order valence-electron chi connectivity index (χ4n) is 2.75. The molecule has 1 fully saturated rings. The van der Waals surface area contributed by atoms with Gasteiger partial charge >= 0.3 is 0 Å². The molecular weight excluding hydrogens is 247 g/mol. The van der Waals surface area contributed by atoms with Crippen molar-refractivity contribution >= 4 is 11.4 Å². The molecule has 0 amide bonds. The maximum atomic E-state index is 13.7. The molecule has 1 N–H and O–H groups in total. The summed E-state index contributed by atoms with van der Waals surface area (Å²) in [7, 11) is 0. The van der Waals surface area contributed by atoms with E-state index in [2.05, 4.69) is 12.2 Å². The Morgan fingerprint density at radius 1 is 1.47 bits per heavy atom. The molecule has 0 aromatic heterocycles. The number of rotatable bonds is 4. The molecule has 104 valence electrons. The van der Waals surface area contributed by atoms with E-state index in [9.17, 15) is 14.5 Å². The van der Waals surface area contributed by atoms with Gasteiger partial charge in [0.1, 0.15) is 5.82 Å². The van der Waals surface area contributed by atoms with Crippen LogP contribution in [0.2, 0.25) is 0 Å². The summed E-state index contributed by atoms with van der Waals surface area (Å²) in [4.78, 5) is 10.2. The number of nitro groups is 1. The third-order valence-corrected chi connectivity index (χ3v) is 3.88. The molecule has 1 aliphatic carbocycles. The van der Waals surface area contributed by atoms with E-state index in [1.807, 2.05) is 0 Å². The quantitative estimate of drug-likeness (QED) is 0.659. The average Bonchev–Trinajstić information content (AvgIpc) is 2.41. The van der Waals surface area contributed by atoms with Gasteiger partial charge in [-0.1, -0.05) is 26.2 Å². The fraction of sp³-hybridized carbons (Fsp3) is 0.571. The molecule has 5 heteroatoms. The highest BCUT2D eigenvalue weighted by Crippen LogP contribution is 2.30. The molecule has 0 spiro atoms. The van der Waals surface area contributed by atoms with Crippen LogP contribution in [0.1, 0.15) is 39.0 Å². The van der Waals surface area contributed by atoms with E-state index >= 15 is 0 Å². The predicted octanol–water partition coefficient (Wildman–Crippen LogP) is 4.11. The topological polar surface area (TPSA) is 55.2 Å². The Bertz CT molecular complexity index is 465. The monoisotopic (exact) mass is 266 g/mol. The van der Waals surface area contributed by atoms with E-state index in [4.69, 9.17) is 0 Å². The smallest absolute Gasteiger partial charge is 0.271 e. The van der Waals surface area contributed by atoms with Gasteiger partial charge in [0.25, 0.3) is 5.69 Å². The fourth-order valence-corrected chi connectivity index (χ4v) is 2.75. The Balaban J connectivity index is 2.09. The van der Waals surface area contributed by atoms with Gasteiger partial charge in [-0.25, -0.2) is 4.39 Å². The van der Waals surface area contributed by atoms with Crippen molar-refractivity contribution in [1.82, 2.24) is 0 Å². The third kappa shape index (κ3) is 3.43. The lowest BCUT2D eigenvalue weighted by Gasteiger charge is -2.29. The second-order valence-corrected chi connectivity index (χ2v) is 5.20. The van der Waals surface area contributed by atoms with Crippen molar-refractivity contribution in [2.24, 2.45) is 5.92 Å². The van der Waals surface area contributed by atoms with Gasteiger partial charge in [-0.15, -0.1) is 0 Å². The van der Waals surface area contributed by atoms with Crippen LogP contribution in [0, 0.1) is 21.8 Å². The van der Waals surface area contributed by atoms with Crippen molar-refractivity contribution in [2.45, 2.75) is 45.1 Å². The van der Waals surface area contributed by atoms with E-state index < -0.39 is 10.7 Å². The number of nitro benzene ring substituents is 1. The zero-order valence-electron chi connectivity index (χ0n) is 11.1. The first-order chi connectivity index (χ1) is 9.10. The van der Waals surface area contributed by atoms with Crippen LogP contribution in [0.25, 0.3) is 0 Å². The Morgan fingerprint density at radius 3 is 2.95 bits per heavy atom. The Hall–Kier alpha value is -1.65. The van der Waals surface area contributed by atoms with Crippen LogP contribution < -0.4 is 5.32 Å². The van der Waals surface area contributed by atoms with Gasteiger partial charge in [-0.2, -0.15) is 0 Å². The number of halogens is 1. The summed E-state index contributed by atoms with van der Waals surface area (Å²) >= 11 is 0. The Kier molecular flexibility index (Phi) is 4.35. The Labute approximate surface area is 112 Å². The maximum Gasteiger partial charge on any atom is 0.271 e. The first-order valence-corrected chi connectivity index (χ1v) is 6.80. The number of anilines is 1.